The van der Waals surface area contributed by atoms with E-state index in [0.29, 0.717) is 5.69 Å². The summed E-state index contributed by atoms with van der Waals surface area (Å²) in [6.07, 6.45) is 5.72. The Morgan fingerprint density at radius 3 is 2.58 bits per heavy atom. The van der Waals surface area contributed by atoms with E-state index < -0.39 is 5.60 Å². The molecule has 1 fully saturated rings. The van der Waals surface area contributed by atoms with Crippen molar-refractivity contribution in [2.24, 2.45) is 0 Å². The first-order valence-corrected chi connectivity index (χ1v) is 6.85. The van der Waals surface area contributed by atoms with E-state index in [0.717, 1.165) is 25.7 Å². The summed E-state index contributed by atoms with van der Waals surface area (Å²) in [5.74, 6) is 0.240. The van der Waals surface area contributed by atoms with Crippen LogP contribution >= 0.6 is 0 Å². The molecular weight excluding hydrogens is 238 g/mol. The molecule has 0 bridgehead atoms. The molecule has 3 nitrogen and oxygen atoms in total. The lowest BCUT2D eigenvalue weighted by atomic mass is 9.81. The van der Waals surface area contributed by atoms with Crippen molar-refractivity contribution >= 4 is 5.69 Å². The number of aromatic hydroxyl groups is 1. The maximum atomic E-state index is 10.2. The standard InChI is InChI=1S/C13H19NO2.C3H6/c1-13(16)9-5-4-8-12(13)14-10-6-2-3-7-11(10)15;1-3-2/h2-3,6-7,12,14-16H,4-5,8-9H2,1H3;3H,1H2,2H3. The molecule has 2 rings (SSSR count). The number of hydrogen-bond acceptors (Lipinski definition) is 3. The summed E-state index contributed by atoms with van der Waals surface area (Å²) in [5, 5.41) is 23.1. The molecule has 1 saturated carbocycles. The van der Waals surface area contributed by atoms with Crippen LogP contribution in [0.1, 0.15) is 39.5 Å². The third-order valence-corrected chi connectivity index (χ3v) is 3.41. The van der Waals surface area contributed by atoms with Gasteiger partial charge >= 0.3 is 0 Å². The zero-order chi connectivity index (χ0) is 14.3. The third-order valence-electron chi connectivity index (χ3n) is 3.41. The number of anilines is 1. The van der Waals surface area contributed by atoms with E-state index in [1.165, 1.54) is 0 Å². The van der Waals surface area contributed by atoms with Gasteiger partial charge in [0.1, 0.15) is 5.75 Å². The molecule has 3 heteroatoms. The summed E-state index contributed by atoms with van der Waals surface area (Å²) in [6, 6.07) is 7.17. The summed E-state index contributed by atoms with van der Waals surface area (Å²) < 4.78 is 0. The van der Waals surface area contributed by atoms with Crippen molar-refractivity contribution in [3.8, 4) is 5.75 Å². The zero-order valence-electron chi connectivity index (χ0n) is 11.9. The highest BCUT2D eigenvalue weighted by atomic mass is 16.3. The Bertz CT molecular complexity index is 401. The third kappa shape index (κ3) is 4.60. The largest absolute Gasteiger partial charge is 0.506 e. The summed E-state index contributed by atoms with van der Waals surface area (Å²) in [7, 11) is 0. The predicted molar refractivity (Wildman–Crippen MR) is 80.5 cm³/mol. The fourth-order valence-electron chi connectivity index (χ4n) is 2.33. The van der Waals surface area contributed by atoms with Crippen LogP contribution in [-0.4, -0.2) is 21.9 Å². The van der Waals surface area contributed by atoms with Crippen molar-refractivity contribution in [1.29, 1.82) is 0 Å². The minimum absolute atomic E-state index is 0.0227. The van der Waals surface area contributed by atoms with Crippen LogP contribution in [-0.2, 0) is 0 Å². The number of benzene rings is 1. The fraction of sp³-hybridized carbons (Fsp3) is 0.500. The van der Waals surface area contributed by atoms with Crippen molar-refractivity contribution in [3.63, 3.8) is 0 Å². The molecule has 0 radical (unpaired) electrons. The molecule has 0 aromatic heterocycles. The van der Waals surface area contributed by atoms with Gasteiger partial charge in [-0.25, -0.2) is 0 Å². The van der Waals surface area contributed by atoms with E-state index in [-0.39, 0.29) is 11.8 Å². The van der Waals surface area contributed by atoms with E-state index in [2.05, 4.69) is 11.9 Å². The first-order valence-electron chi connectivity index (χ1n) is 6.85. The van der Waals surface area contributed by atoms with Crippen LogP contribution in [0.2, 0.25) is 0 Å². The predicted octanol–water partition coefficient (Wildman–Crippen LogP) is 3.69. The number of phenols is 1. The summed E-state index contributed by atoms with van der Waals surface area (Å²) >= 11 is 0. The van der Waals surface area contributed by atoms with Crippen LogP contribution in [0, 0.1) is 0 Å². The smallest absolute Gasteiger partial charge is 0.138 e. The van der Waals surface area contributed by atoms with Crippen molar-refractivity contribution in [3.05, 3.63) is 36.9 Å². The SMILES string of the molecule is C=CC.CC1(O)CCCCC1Nc1ccccc1O. The number of rotatable bonds is 2. The van der Waals surface area contributed by atoms with Crippen LogP contribution < -0.4 is 5.32 Å². The molecule has 3 N–H and O–H groups in total. The van der Waals surface area contributed by atoms with E-state index in [1.54, 1.807) is 18.2 Å². The maximum Gasteiger partial charge on any atom is 0.138 e. The van der Waals surface area contributed by atoms with E-state index in [4.69, 9.17) is 0 Å². The van der Waals surface area contributed by atoms with Gasteiger partial charge in [-0.3, -0.25) is 0 Å². The van der Waals surface area contributed by atoms with Crippen LogP contribution in [0.25, 0.3) is 0 Å². The van der Waals surface area contributed by atoms with Gasteiger partial charge in [-0.2, -0.15) is 0 Å². The van der Waals surface area contributed by atoms with Gasteiger partial charge in [0.2, 0.25) is 0 Å². The van der Waals surface area contributed by atoms with Crippen molar-refractivity contribution in [1.82, 2.24) is 0 Å². The Hall–Kier alpha value is -1.48. The van der Waals surface area contributed by atoms with E-state index in [1.807, 2.05) is 26.0 Å². The van der Waals surface area contributed by atoms with E-state index in [9.17, 15) is 10.2 Å². The van der Waals surface area contributed by atoms with Crippen LogP contribution in [0.3, 0.4) is 0 Å². The normalized spacial score (nSPS) is 25.9. The lowest BCUT2D eigenvalue weighted by Crippen LogP contribution is -2.46. The van der Waals surface area contributed by atoms with Gasteiger partial charge in [-0.15, -0.1) is 6.58 Å². The number of aliphatic hydroxyl groups is 1. The van der Waals surface area contributed by atoms with Gasteiger partial charge in [0.15, 0.2) is 0 Å². The van der Waals surface area contributed by atoms with Gasteiger partial charge in [-0.05, 0) is 38.8 Å². The van der Waals surface area contributed by atoms with Crippen LogP contribution in [0.5, 0.6) is 5.75 Å². The molecule has 106 valence electrons. The first kappa shape index (κ1) is 15.6. The molecule has 0 spiro atoms. The molecule has 0 saturated heterocycles. The van der Waals surface area contributed by atoms with Gasteiger partial charge in [0.25, 0.3) is 0 Å². The minimum atomic E-state index is -0.680. The Morgan fingerprint density at radius 2 is 2.00 bits per heavy atom. The minimum Gasteiger partial charge on any atom is -0.506 e. The number of allylic oxidation sites excluding steroid dienone is 1. The summed E-state index contributed by atoms with van der Waals surface area (Å²) in [6.45, 7) is 7.11. The molecule has 1 aliphatic rings. The monoisotopic (exact) mass is 263 g/mol. The number of para-hydroxylation sites is 2. The molecule has 19 heavy (non-hydrogen) atoms. The van der Waals surface area contributed by atoms with Crippen molar-refractivity contribution in [2.75, 3.05) is 5.32 Å². The quantitative estimate of drug-likeness (QED) is 0.563. The topological polar surface area (TPSA) is 52.5 Å². The Morgan fingerprint density at radius 1 is 1.37 bits per heavy atom. The lowest BCUT2D eigenvalue weighted by molar-refractivity contribution is 0.0105. The molecule has 1 aromatic carbocycles. The van der Waals surface area contributed by atoms with Crippen molar-refractivity contribution in [2.45, 2.75) is 51.2 Å². The second kappa shape index (κ2) is 7.19. The molecule has 0 amide bonds. The van der Waals surface area contributed by atoms with Gasteiger partial charge in [-0.1, -0.05) is 31.1 Å². The molecular formula is C16H25NO2. The maximum absolute atomic E-state index is 10.2. The average molecular weight is 263 g/mol. The zero-order valence-corrected chi connectivity index (χ0v) is 11.9. The van der Waals surface area contributed by atoms with Gasteiger partial charge in [0.05, 0.1) is 17.3 Å². The van der Waals surface area contributed by atoms with E-state index >= 15 is 0 Å². The van der Waals surface area contributed by atoms with Crippen LogP contribution in [0.15, 0.2) is 36.9 Å². The second-order valence-corrected chi connectivity index (χ2v) is 5.23. The molecule has 2 atom stereocenters. The fourth-order valence-corrected chi connectivity index (χ4v) is 2.33. The highest BCUT2D eigenvalue weighted by molar-refractivity contribution is 5.56. The highest BCUT2D eigenvalue weighted by Gasteiger charge is 2.34. The molecule has 1 aromatic rings. The first-order chi connectivity index (χ1) is 9.01. The van der Waals surface area contributed by atoms with Gasteiger partial charge < -0.3 is 15.5 Å². The van der Waals surface area contributed by atoms with Crippen molar-refractivity contribution < 1.29 is 10.2 Å². The highest BCUT2D eigenvalue weighted by Crippen LogP contribution is 2.32. The second-order valence-electron chi connectivity index (χ2n) is 5.23. The number of nitrogens with one attached hydrogen (secondary N) is 1. The van der Waals surface area contributed by atoms with Gasteiger partial charge in [0, 0.05) is 0 Å². The average Bonchev–Trinajstić information content (AvgIpc) is 2.35. The number of hydrogen-bond donors (Lipinski definition) is 3. The molecule has 0 heterocycles. The Kier molecular flexibility index (Phi) is 5.90. The summed E-state index contributed by atoms with van der Waals surface area (Å²) in [4.78, 5) is 0. The Labute approximate surface area is 116 Å². The van der Waals surface area contributed by atoms with Crippen LogP contribution in [0.4, 0.5) is 5.69 Å². The number of phenolic OH excluding ortho intramolecular Hbond substituents is 1. The molecule has 1 aliphatic carbocycles. The summed E-state index contributed by atoms with van der Waals surface area (Å²) in [5.41, 5.74) is 0.0234. The molecule has 0 aliphatic heterocycles. The Balaban J connectivity index is 0.000000550. The lowest BCUT2D eigenvalue weighted by Gasteiger charge is -2.38. The molecule has 2 unspecified atom stereocenters.